The minimum atomic E-state index is -4.75. The molecule has 1 heterocycles. The van der Waals surface area contributed by atoms with Crippen molar-refractivity contribution in [1.29, 1.82) is 5.26 Å². The van der Waals surface area contributed by atoms with Gasteiger partial charge in [-0.3, -0.25) is 4.21 Å². The Labute approximate surface area is 185 Å². The summed E-state index contributed by atoms with van der Waals surface area (Å²) in [4.78, 5) is 12.7. The number of nitrogens with zero attached hydrogens (tertiary/aromatic N) is 1. The van der Waals surface area contributed by atoms with Crippen molar-refractivity contribution in [2.45, 2.75) is 30.8 Å². The number of benzene rings is 2. The second kappa shape index (κ2) is 9.01. The molecule has 32 heavy (non-hydrogen) atoms. The molecule has 1 aliphatic heterocycles. The highest BCUT2D eigenvalue weighted by atomic mass is 32.2. The van der Waals surface area contributed by atoms with Crippen molar-refractivity contribution in [1.82, 2.24) is 5.32 Å². The Morgan fingerprint density at radius 2 is 1.78 bits per heavy atom. The quantitative estimate of drug-likeness (QED) is 0.678. The van der Waals surface area contributed by atoms with Crippen molar-refractivity contribution < 1.29 is 27.3 Å². The minimum absolute atomic E-state index is 0.0116. The number of halogens is 3. The van der Waals surface area contributed by atoms with Crippen LogP contribution in [0, 0.1) is 18.3 Å². The Bertz CT molecular complexity index is 1210. The lowest BCUT2D eigenvalue weighted by Crippen LogP contribution is -2.32. The average Bonchev–Trinajstić information content (AvgIpc) is 2.72. The number of carbonyl (C=O) groups is 1. The van der Waals surface area contributed by atoms with Gasteiger partial charge >= 0.3 is 12.1 Å². The fourth-order valence-electron chi connectivity index (χ4n) is 3.75. The predicted molar refractivity (Wildman–Crippen MR) is 113 cm³/mol. The maximum absolute atomic E-state index is 13.7. The van der Waals surface area contributed by atoms with Gasteiger partial charge < -0.3 is 10.4 Å². The van der Waals surface area contributed by atoms with Crippen molar-refractivity contribution in [3.8, 4) is 6.07 Å². The van der Waals surface area contributed by atoms with Crippen LogP contribution in [0.25, 0.3) is 0 Å². The van der Waals surface area contributed by atoms with Crippen molar-refractivity contribution >= 4 is 16.8 Å². The molecular formula is C23H19F3N2O3S. The van der Waals surface area contributed by atoms with Crippen LogP contribution in [0.15, 0.2) is 76.0 Å². The summed E-state index contributed by atoms with van der Waals surface area (Å²) in [5.41, 5.74) is -0.952. The number of hydrogen-bond acceptors (Lipinski definition) is 4. The lowest BCUT2D eigenvalue weighted by molar-refractivity contribution is -0.139. The molecule has 0 radical (unpaired) electrons. The number of nitriles is 1. The molecule has 1 aliphatic rings. The molecule has 166 valence electrons. The second-order valence-corrected chi connectivity index (χ2v) is 8.67. The van der Waals surface area contributed by atoms with E-state index in [-0.39, 0.29) is 28.3 Å². The fraction of sp³-hybridized carbons (Fsp3) is 0.217. The standard InChI is InChI=1S/C23H19F3N2O3S/c1-13-7-3-6-10-19(13)32(31)12-18-21(22(29)30)20(16(11-27)14(2)28-18)15-8-4-5-9-17(15)23(24,25)26/h3-10,20,28H,12H2,1-2H3,(H,29,30). The summed E-state index contributed by atoms with van der Waals surface area (Å²) in [6.45, 7) is 3.24. The molecule has 0 saturated carbocycles. The molecule has 2 atom stereocenters. The normalized spacial score (nSPS) is 17.6. The van der Waals surface area contributed by atoms with E-state index in [0.29, 0.717) is 4.90 Å². The summed E-state index contributed by atoms with van der Waals surface area (Å²) in [5, 5.41) is 22.4. The van der Waals surface area contributed by atoms with Gasteiger partial charge in [0.2, 0.25) is 0 Å². The van der Waals surface area contributed by atoms with Crippen molar-refractivity contribution in [3.63, 3.8) is 0 Å². The van der Waals surface area contributed by atoms with E-state index in [0.717, 1.165) is 11.6 Å². The molecule has 0 bridgehead atoms. The number of carboxylic acid groups (broad SMARTS) is 1. The topological polar surface area (TPSA) is 90.2 Å². The summed E-state index contributed by atoms with van der Waals surface area (Å²) in [5.74, 6) is -3.20. The first-order valence-corrected chi connectivity index (χ1v) is 10.8. The van der Waals surface area contributed by atoms with Crippen molar-refractivity contribution in [2.75, 3.05) is 5.75 Å². The van der Waals surface area contributed by atoms with Crippen molar-refractivity contribution in [2.24, 2.45) is 0 Å². The van der Waals surface area contributed by atoms with Gasteiger partial charge in [0.15, 0.2) is 0 Å². The number of nitrogens with one attached hydrogen (secondary N) is 1. The molecule has 2 unspecified atom stereocenters. The number of hydrogen-bond donors (Lipinski definition) is 2. The predicted octanol–water partition coefficient (Wildman–Crippen LogP) is 4.64. The summed E-state index contributed by atoms with van der Waals surface area (Å²) >= 11 is 0. The van der Waals surface area contributed by atoms with Crippen LogP contribution in [0.4, 0.5) is 13.2 Å². The summed E-state index contributed by atoms with van der Waals surface area (Å²) in [7, 11) is -1.66. The zero-order chi connectivity index (χ0) is 23.6. The highest BCUT2D eigenvalue weighted by Crippen LogP contribution is 2.43. The molecule has 2 N–H and O–H groups in total. The summed E-state index contributed by atoms with van der Waals surface area (Å²) < 4.78 is 54.1. The Hall–Kier alpha value is -3.38. The number of allylic oxidation sites excluding steroid dienone is 2. The SMILES string of the molecule is CC1=C(C#N)C(c2ccccc2C(F)(F)F)C(C(=O)O)=C(CS(=O)c2ccccc2C)N1. The third kappa shape index (κ3) is 4.46. The molecular weight excluding hydrogens is 441 g/mol. The summed E-state index contributed by atoms with van der Waals surface area (Å²) in [6.07, 6.45) is -4.75. The molecule has 2 aromatic carbocycles. The lowest BCUT2D eigenvalue weighted by atomic mass is 9.79. The van der Waals surface area contributed by atoms with E-state index in [1.807, 2.05) is 6.07 Å². The van der Waals surface area contributed by atoms with Crippen LogP contribution < -0.4 is 5.32 Å². The third-order valence-electron chi connectivity index (χ3n) is 5.19. The maximum atomic E-state index is 13.7. The first-order valence-electron chi connectivity index (χ1n) is 9.50. The van der Waals surface area contributed by atoms with Crippen LogP contribution in [0.5, 0.6) is 0 Å². The maximum Gasteiger partial charge on any atom is 0.416 e. The molecule has 2 aromatic rings. The molecule has 0 aromatic heterocycles. The highest BCUT2D eigenvalue weighted by Gasteiger charge is 2.41. The van der Waals surface area contributed by atoms with Gasteiger partial charge in [0.1, 0.15) is 0 Å². The molecule has 0 aliphatic carbocycles. The van der Waals surface area contributed by atoms with Gasteiger partial charge in [-0.15, -0.1) is 0 Å². The van der Waals surface area contributed by atoms with E-state index in [1.165, 1.54) is 25.1 Å². The Morgan fingerprint density at radius 1 is 1.16 bits per heavy atom. The number of rotatable bonds is 5. The van der Waals surface area contributed by atoms with Crippen LogP contribution in [0.1, 0.15) is 29.5 Å². The molecule has 0 saturated heterocycles. The molecule has 0 spiro atoms. The van der Waals surface area contributed by atoms with E-state index in [9.17, 15) is 32.5 Å². The number of dihydropyridines is 1. The average molecular weight is 460 g/mol. The highest BCUT2D eigenvalue weighted by molar-refractivity contribution is 7.85. The fourth-order valence-corrected chi connectivity index (χ4v) is 5.05. The molecule has 0 fully saturated rings. The van der Waals surface area contributed by atoms with Gasteiger partial charge in [0.05, 0.1) is 45.2 Å². The number of aryl methyl sites for hydroxylation is 1. The van der Waals surface area contributed by atoms with Gasteiger partial charge in [-0.05, 0) is 37.1 Å². The zero-order valence-electron chi connectivity index (χ0n) is 17.2. The van der Waals surface area contributed by atoms with E-state index in [4.69, 9.17) is 0 Å². The van der Waals surface area contributed by atoms with E-state index in [1.54, 1.807) is 31.2 Å². The molecule has 3 rings (SSSR count). The monoisotopic (exact) mass is 460 g/mol. The zero-order valence-corrected chi connectivity index (χ0v) is 18.0. The van der Waals surface area contributed by atoms with Crippen LogP contribution in [-0.4, -0.2) is 21.0 Å². The first kappa shape index (κ1) is 23.3. The largest absolute Gasteiger partial charge is 0.478 e. The smallest absolute Gasteiger partial charge is 0.416 e. The third-order valence-corrected chi connectivity index (χ3v) is 6.69. The van der Waals surface area contributed by atoms with Gasteiger partial charge in [0, 0.05) is 16.3 Å². The van der Waals surface area contributed by atoms with Gasteiger partial charge in [0.25, 0.3) is 0 Å². The van der Waals surface area contributed by atoms with Crippen LogP contribution in [0.2, 0.25) is 0 Å². The van der Waals surface area contributed by atoms with Crippen LogP contribution in [0.3, 0.4) is 0 Å². The van der Waals surface area contributed by atoms with E-state index < -0.39 is 40.0 Å². The van der Waals surface area contributed by atoms with Crippen LogP contribution in [-0.2, 0) is 21.8 Å². The van der Waals surface area contributed by atoms with E-state index >= 15 is 0 Å². The van der Waals surface area contributed by atoms with Crippen molar-refractivity contribution in [3.05, 3.63) is 87.8 Å². The van der Waals surface area contributed by atoms with Gasteiger partial charge in [-0.2, -0.15) is 18.4 Å². The molecule has 5 nitrogen and oxygen atoms in total. The number of alkyl halides is 3. The second-order valence-electron chi connectivity index (χ2n) is 7.25. The number of aliphatic carboxylic acids is 1. The Kier molecular flexibility index (Phi) is 6.55. The van der Waals surface area contributed by atoms with Gasteiger partial charge in [-0.25, -0.2) is 4.79 Å². The Morgan fingerprint density at radius 3 is 2.38 bits per heavy atom. The van der Waals surface area contributed by atoms with Gasteiger partial charge in [-0.1, -0.05) is 36.4 Å². The summed E-state index contributed by atoms with van der Waals surface area (Å²) in [6, 6.07) is 13.3. The van der Waals surface area contributed by atoms with Crippen LogP contribution >= 0.6 is 0 Å². The minimum Gasteiger partial charge on any atom is -0.478 e. The number of carboxylic acids is 1. The molecule has 0 amide bonds. The first-order chi connectivity index (χ1) is 15.1. The Balaban J connectivity index is 2.21. The van der Waals surface area contributed by atoms with E-state index in [2.05, 4.69) is 5.32 Å². The molecule has 9 heteroatoms. The lowest BCUT2D eigenvalue weighted by Gasteiger charge is -2.30.